The van der Waals surface area contributed by atoms with E-state index in [1.165, 1.54) is 6.42 Å². The normalized spacial score (nSPS) is 33.1. The molecule has 2 heterocycles. The summed E-state index contributed by atoms with van der Waals surface area (Å²) in [5.41, 5.74) is 1.60. The zero-order valence-electron chi connectivity index (χ0n) is 23.9. The Kier molecular flexibility index (Phi) is 6.66. The molecule has 7 heteroatoms. The maximum absolute atomic E-state index is 14.2. The third-order valence-corrected chi connectivity index (χ3v) is 9.98. The van der Waals surface area contributed by atoms with Gasteiger partial charge in [-0.2, -0.15) is 0 Å². The lowest BCUT2D eigenvalue weighted by Crippen LogP contribution is -2.65. The van der Waals surface area contributed by atoms with E-state index in [0.717, 1.165) is 29.7 Å². The molecular weight excluding hydrogens is 487 g/mol. The van der Waals surface area contributed by atoms with Gasteiger partial charge in [0.1, 0.15) is 0 Å². The highest BCUT2D eigenvalue weighted by Gasteiger charge is 2.68. The number of carbonyl (C=O) groups is 1. The number of carbonyl (C=O) groups excluding carboxylic acids is 1. The molecule has 4 fully saturated rings. The first-order chi connectivity index (χ1) is 18.6. The molecule has 0 radical (unpaired) electrons. The Morgan fingerprint density at radius 1 is 1.05 bits per heavy atom. The second-order valence-corrected chi connectivity index (χ2v) is 13.4. The van der Waals surface area contributed by atoms with E-state index in [2.05, 4.69) is 45.1 Å². The summed E-state index contributed by atoms with van der Waals surface area (Å²) in [6.45, 7) is 11.3. The van der Waals surface area contributed by atoms with Crippen molar-refractivity contribution in [1.82, 2.24) is 5.32 Å². The molecular formula is C32H41BN2O4. The first-order valence-corrected chi connectivity index (χ1v) is 14.6. The van der Waals surface area contributed by atoms with E-state index in [-0.39, 0.29) is 29.0 Å². The number of nitrogens with one attached hydrogen (secondary N) is 1. The molecule has 39 heavy (non-hydrogen) atoms. The molecule has 206 valence electrons. The molecule has 1 saturated heterocycles. The molecule has 0 aromatic heterocycles. The van der Waals surface area contributed by atoms with Gasteiger partial charge in [-0.25, -0.2) is 0 Å². The number of hydrogen-bond acceptors (Lipinski definition) is 5. The highest BCUT2D eigenvalue weighted by atomic mass is 16.7. The van der Waals surface area contributed by atoms with Crippen LogP contribution in [0.3, 0.4) is 0 Å². The van der Waals surface area contributed by atoms with Crippen LogP contribution in [0, 0.1) is 23.2 Å². The number of hydrogen-bond donors (Lipinski definition) is 1. The van der Waals surface area contributed by atoms with Crippen molar-refractivity contribution in [2.75, 3.05) is 0 Å². The van der Waals surface area contributed by atoms with E-state index < -0.39 is 12.7 Å². The summed E-state index contributed by atoms with van der Waals surface area (Å²) in [4.78, 5) is 20.3. The van der Waals surface area contributed by atoms with E-state index in [4.69, 9.17) is 14.1 Å². The lowest BCUT2D eigenvalue weighted by molar-refractivity contribution is -0.199. The molecule has 2 aromatic rings. The van der Waals surface area contributed by atoms with Crippen LogP contribution in [0.15, 0.2) is 65.8 Å². The predicted molar refractivity (Wildman–Crippen MR) is 153 cm³/mol. The second-order valence-electron chi connectivity index (χ2n) is 13.4. The lowest BCUT2D eigenvalue weighted by Gasteiger charge is -2.64. The molecule has 6 nitrogen and oxygen atoms in total. The minimum Gasteiger partial charge on any atom is -0.404 e. The maximum Gasteiger partial charge on any atom is 0.481 e. The maximum atomic E-state index is 14.2. The molecule has 3 saturated carbocycles. The Labute approximate surface area is 233 Å². The third kappa shape index (κ3) is 4.61. The van der Waals surface area contributed by atoms with Crippen molar-refractivity contribution >= 4 is 18.7 Å². The van der Waals surface area contributed by atoms with Crippen molar-refractivity contribution < 1.29 is 18.9 Å². The van der Waals surface area contributed by atoms with Crippen LogP contribution >= 0.6 is 0 Å². The van der Waals surface area contributed by atoms with Crippen LogP contribution in [0.2, 0.25) is 0 Å². The summed E-state index contributed by atoms with van der Waals surface area (Å²) in [6, 6.07) is 20.0. The second kappa shape index (κ2) is 9.77. The van der Waals surface area contributed by atoms with E-state index in [1.807, 2.05) is 60.7 Å². The summed E-state index contributed by atoms with van der Waals surface area (Å²) >= 11 is 0. The third-order valence-electron chi connectivity index (χ3n) is 9.98. The molecule has 0 spiro atoms. The lowest BCUT2D eigenvalue weighted by atomic mass is 9.43. The topological polar surface area (TPSA) is 69.2 Å². The molecule has 1 unspecified atom stereocenters. The van der Waals surface area contributed by atoms with Crippen molar-refractivity contribution in [2.24, 2.45) is 28.3 Å². The van der Waals surface area contributed by atoms with Gasteiger partial charge < -0.3 is 19.5 Å². The summed E-state index contributed by atoms with van der Waals surface area (Å²) < 4.78 is 13.4. The zero-order valence-corrected chi connectivity index (χ0v) is 23.9. The van der Waals surface area contributed by atoms with E-state index in [9.17, 15) is 4.79 Å². The Morgan fingerprint density at radius 3 is 2.41 bits per heavy atom. The predicted octanol–water partition coefficient (Wildman–Crippen LogP) is 5.59. The van der Waals surface area contributed by atoms with E-state index in [1.54, 1.807) is 0 Å². The monoisotopic (exact) mass is 528 g/mol. The SMILES string of the molecule is CC(C)C[C@H](NC(=O)C1(Cc2ccccc2)CC(c2ccccc2)=NO1)B1O[C@@H]2C[C@@H]3C[C@@H](C3(C)C)[C@]2(C)O1. The van der Waals surface area contributed by atoms with Crippen molar-refractivity contribution in [1.29, 1.82) is 0 Å². The summed E-state index contributed by atoms with van der Waals surface area (Å²) in [5, 5.41) is 7.79. The van der Waals surface area contributed by atoms with E-state index >= 15 is 0 Å². The number of benzene rings is 2. The number of nitrogens with zero attached hydrogens (tertiary/aromatic N) is 1. The molecule has 6 atom stereocenters. The fourth-order valence-corrected chi connectivity index (χ4v) is 7.60. The number of rotatable bonds is 8. The first kappa shape index (κ1) is 26.6. The minimum absolute atomic E-state index is 0.0693. The summed E-state index contributed by atoms with van der Waals surface area (Å²) in [5.74, 6) is 1.06. The van der Waals surface area contributed by atoms with Gasteiger partial charge in [-0.05, 0) is 60.5 Å². The van der Waals surface area contributed by atoms with Crippen molar-refractivity contribution in [3.05, 3.63) is 71.8 Å². The van der Waals surface area contributed by atoms with Gasteiger partial charge in [0.05, 0.1) is 23.4 Å². The largest absolute Gasteiger partial charge is 0.481 e. The highest BCUT2D eigenvalue weighted by Crippen LogP contribution is 2.65. The van der Waals surface area contributed by atoms with Gasteiger partial charge in [-0.1, -0.05) is 93.5 Å². The Balaban J connectivity index is 1.25. The summed E-state index contributed by atoms with van der Waals surface area (Å²) in [6.07, 6.45) is 3.87. The van der Waals surface area contributed by atoms with Gasteiger partial charge in [0.15, 0.2) is 0 Å². The molecule has 2 bridgehead atoms. The van der Waals surface area contributed by atoms with Gasteiger partial charge in [-0.15, -0.1) is 0 Å². The van der Waals surface area contributed by atoms with Crippen molar-refractivity contribution in [3.63, 3.8) is 0 Å². The van der Waals surface area contributed by atoms with Crippen LogP contribution in [0.4, 0.5) is 0 Å². The highest BCUT2D eigenvalue weighted by molar-refractivity contribution is 6.48. The standard InChI is InChI=1S/C32H41BN2O4/c1-21(2)16-28(33-37-27-18-24-17-26(30(24,3)4)31(27,5)38-33)34-29(36)32(19-22-12-8-6-9-13-22)20-25(35-39-32)23-14-10-7-11-15-23/h6-15,21,24,26-28H,16-20H2,1-5H3,(H,34,36)/t24-,26-,27+,28-,31-,32?/m0/s1. The van der Waals surface area contributed by atoms with Crippen molar-refractivity contribution in [3.8, 4) is 0 Å². The van der Waals surface area contributed by atoms with Gasteiger partial charge in [0.2, 0.25) is 5.60 Å². The molecule has 7 rings (SSSR count). The average Bonchev–Trinajstić information content (AvgIpc) is 3.51. The Hall–Kier alpha value is -2.64. The van der Waals surface area contributed by atoms with Crippen LogP contribution < -0.4 is 5.32 Å². The molecule has 1 N–H and O–H groups in total. The average molecular weight is 529 g/mol. The Bertz CT molecular complexity index is 1240. The van der Waals surface area contributed by atoms with Crippen LogP contribution in [0.5, 0.6) is 0 Å². The van der Waals surface area contributed by atoms with Crippen molar-refractivity contribution in [2.45, 2.75) is 90.0 Å². The number of amides is 1. The van der Waals surface area contributed by atoms with Gasteiger partial charge in [-0.3, -0.25) is 4.79 Å². The Morgan fingerprint density at radius 2 is 1.74 bits per heavy atom. The van der Waals surface area contributed by atoms with Crippen LogP contribution in [0.1, 0.15) is 71.4 Å². The fraction of sp³-hybridized carbons (Fsp3) is 0.562. The zero-order chi connectivity index (χ0) is 27.4. The summed E-state index contributed by atoms with van der Waals surface area (Å²) in [7, 11) is -0.480. The van der Waals surface area contributed by atoms with Crippen LogP contribution in [-0.2, 0) is 25.4 Å². The van der Waals surface area contributed by atoms with E-state index in [0.29, 0.717) is 30.6 Å². The molecule has 2 aliphatic heterocycles. The first-order valence-electron chi connectivity index (χ1n) is 14.6. The number of oxime groups is 1. The molecule has 2 aromatic carbocycles. The van der Waals surface area contributed by atoms with Gasteiger partial charge in [0.25, 0.3) is 5.91 Å². The molecule has 5 aliphatic rings. The fourth-order valence-electron chi connectivity index (χ4n) is 7.60. The van der Waals surface area contributed by atoms with Crippen LogP contribution in [0.25, 0.3) is 0 Å². The quantitative estimate of drug-likeness (QED) is 0.454. The molecule has 1 amide bonds. The smallest absolute Gasteiger partial charge is 0.404 e. The van der Waals surface area contributed by atoms with Crippen LogP contribution in [-0.4, -0.2) is 42.0 Å². The minimum atomic E-state index is -1.14. The van der Waals surface area contributed by atoms with Gasteiger partial charge in [0, 0.05) is 12.8 Å². The molecule has 3 aliphatic carbocycles. The van der Waals surface area contributed by atoms with Gasteiger partial charge >= 0.3 is 7.12 Å².